The predicted molar refractivity (Wildman–Crippen MR) is 175 cm³/mol. The number of hydrogen-bond donors (Lipinski definition) is 4. The average Bonchev–Trinajstić information content (AvgIpc) is 3.49. The van der Waals surface area contributed by atoms with E-state index in [0.29, 0.717) is 30.9 Å². The van der Waals surface area contributed by atoms with Gasteiger partial charge >= 0.3 is 18.4 Å². The first-order valence-electron chi connectivity index (χ1n) is 17.2. The van der Waals surface area contributed by atoms with E-state index >= 15 is 0 Å². The highest BCUT2D eigenvalue weighted by Gasteiger charge is 2.47. The van der Waals surface area contributed by atoms with E-state index in [1.165, 1.54) is 12.1 Å². The van der Waals surface area contributed by atoms with Gasteiger partial charge in [0.1, 0.15) is 17.7 Å². The molecular weight excluding hydrogens is 650 g/mol. The molecule has 2 aromatic heterocycles. The summed E-state index contributed by atoms with van der Waals surface area (Å²) in [6, 6.07) is 3.41. The fraction of sp³-hybridized carbons (Fsp3) is 0.686. The van der Waals surface area contributed by atoms with E-state index in [4.69, 9.17) is 10.5 Å². The largest absolute Gasteiger partial charge is 0.446 e. The number of nitrogens with two attached hydrogens (primary N) is 1. The molecule has 5 N–H and O–H groups in total. The van der Waals surface area contributed by atoms with Gasteiger partial charge in [-0.05, 0) is 101 Å². The fourth-order valence-electron chi connectivity index (χ4n) is 8.09. The third-order valence-electron chi connectivity index (χ3n) is 11.0. The van der Waals surface area contributed by atoms with Crippen LogP contribution < -0.4 is 21.7 Å². The summed E-state index contributed by atoms with van der Waals surface area (Å²) < 4.78 is 88.0. The number of nitrogens with one attached hydrogen (secondary N) is 3. The standard InChI is InChI=1S/C35H48F6N6O2/c1-19(2)23-10-8-20(3)15-25(23)49-31(48)44-27-7-6-14-32(27,4)47-29-13-11-24(35(39,40)41)30(45-29)21-16-26(42)33(5,17-21)46-28-12-9-22(18-43-28)34(36,37)38/h9,11-13,18-21,23,25-27H,6-8,10,14-17,42H2,1-5H3,(H,43,46)(H,44,48)(H,45,47)/t20-,21?,23+,25-,26?,27?,32?,33?/m1/s1. The van der Waals surface area contributed by atoms with E-state index in [1.807, 2.05) is 6.92 Å². The van der Waals surface area contributed by atoms with E-state index in [-0.39, 0.29) is 48.2 Å². The van der Waals surface area contributed by atoms with Crippen LogP contribution in [-0.2, 0) is 17.1 Å². The maximum Gasteiger partial charge on any atom is 0.418 e. The molecule has 0 bridgehead atoms. The molecule has 8 nitrogen and oxygen atoms in total. The van der Waals surface area contributed by atoms with Crippen molar-refractivity contribution in [3.63, 3.8) is 0 Å². The first-order valence-corrected chi connectivity index (χ1v) is 17.2. The summed E-state index contributed by atoms with van der Waals surface area (Å²) in [5, 5.41) is 9.46. The number of carbonyl (C=O) groups excluding carboxylic acids is 1. The molecule has 3 aliphatic rings. The van der Waals surface area contributed by atoms with Crippen molar-refractivity contribution in [1.29, 1.82) is 0 Å². The van der Waals surface area contributed by atoms with Gasteiger partial charge in [-0.25, -0.2) is 14.8 Å². The Kier molecular flexibility index (Phi) is 10.4. The Balaban J connectivity index is 1.32. The van der Waals surface area contributed by atoms with Crippen molar-refractivity contribution < 1.29 is 35.9 Å². The minimum absolute atomic E-state index is 0.134. The molecule has 14 heteroatoms. The van der Waals surface area contributed by atoms with Gasteiger partial charge in [0.25, 0.3) is 0 Å². The second-order valence-electron chi connectivity index (χ2n) is 15.2. The van der Waals surface area contributed by atoms with Crippen LogP contribution >= 0.6 is 0 Å². The van der Waals surface area contributed by atoms with Crippen molar-refractivity contribution in [2.45, 2.75) is 134 Å². The number of amides is 1. The number of aromatic nitrogens is 2. The summed E-state index contributed by atoms with van der Waals surface area (Å²) in [4.78, 5) is 21.6. The highest BCUT2D eigenvalue weighted by Crippen LogP contribution is 2.46. The molecular formula is C35H48F6N6O2. The van der Waals surface area contributed by atoms with Crippen LogP contribution in [0.5, 0.6) is 0 Å². The first kappa shape index (κ1) is 37.0. The monoisotopic (exact) mass is 698 g/mol. The second kappa shape index (κ2) is 13.8. The molecule has 272 valence electrons. The highest BCUT2D eigenvalue weighted by molar-refractivity contribution is 5.68. The second-order valence-corrected chi connectivity index (χ2v) is 15.2. The summed E-state index contributed by atoms with van der Waals surface area (Å²) in [5.41, 5.74) is 2.85. The molecule has 0 saturated heterocycles. The molecule has 0 aliphatic heterocycles. The Morgan fingerprint density at radius 1 is 0.959 bits per heavy atom. The quantitative estimate of drug-likeness (QED) is 0.205. The lowest BCUT2D eigenvalue weighted by Crippen LogP contribution is -2.53. The first-order chi connectivity index (χ1) is 22.8. The lowest BCUT2D eigenvalue weighted by molar-refractivity contribution is -0.139. The Hall–Kier alpha value is -3.29. The third kappa shape index (κ3) is 8.37. The van der Waals surface area contributed by atoms with Crippen LogP contribution in [0.3, 0.4) is 0 Å². The van der Waals surface area contributed by atoms with E-state index in [0.717, 1.165) is 37.8 Å². The van der Waals surface area contributed by atoms with Gasteiger partial charge in [0.15, 0.2) is 0 Å². The third-order valence-corrected chi connectivity index (χ3v) is 11.0. The summed E-state index contributed by atoms with van der Waals surface area (Å²) in [7, 11) is 0. The minimum atomic E-state index is -4.68. The van der Waals surface area contributed by atoms with Crippen LogP contribution in [0.2, 0.25) is 0 Å². The lowest BCUT2D eigenvalue weighted by Gasteiger charge is -2.38. The molecule has 3 fully saturated rings. The molecule has 5 unspecified atom stereocenters. The van der Waals surface area contributed by atoms with Crippen LogP contribution in [0.4, 0.5) is 42.8 Å². The minimum Gasteiger partial charge on any atom is -0.446 e. The SMILES string of the molecule is CC(C)[C@@H]1CC[C@@H](C)C[C@H]1OC(=O)NC1CCCC1(C)Nc1ccc(C(F)(F)F)c(C2CC(N)C(C)(Nc3ccc(C(F)(F)F)cn3)C2)n1. The van der Waals surface area contributed by atoms with Crippen LogP contribution in [0.25, 0.3) is 0 Å². The van der Waals surface area contributed by atoms with Gasteiger partial charge in [-0.3, -0.25) is 0 Å². The zero-order valence-corrected chi connectivity index (χ0v) is 28.6. The van der Waals surface area contributed by atoms with E-state index in [1.54, 1.807) is 6.92 Å². The Morgan fingerprint density at radius 3 is 2.29 bits per heavy atom. The molecule has 2 aromatic rings. The van der Waals surface area contributed by atoms with Gasteiger partial charge in [0, 0.05) is 18.2 Å². The van der Waals surface area contributed by atoms with Gasteiger partial charge < -0.3 is 26.4 Å². The summed E-state index contributed by atoms with van der Waals surface area (Å²) in [6.45, 7) is 10.1. The zero-order valence-electron chi connectivity index (χ0n) is 28.6. The highest BCUT2D eigenvalue weighted by atomic mass is 19.4. The van der Waals surface area contributed by atoms with Crippen LogP contribution in [0, 0.1) is 17.8 Å². The fourth-order valence-corrected chi connectivity index (χ4v) is 8.09. The molecule has 2 heterocycles. The number of nitrogens with zero attached hydrogens (tertiary/aromatic N) is 2. The predicted octanol–water partition coefficient (Wildman–Crippen LogP) is 8.50. The van der Waals surface area contributed by atoms with E-state index in [2.05, 4.69) is 46.7 Å². The number of alkyl halides is 6. The number of alkyl carbamates (subject to hydrolysis) is 1. The van der Waals surface area contributed by atoms with E-state index < -0.39 is 52.6 Å². The van der Waals surface area contributed by atoms with Gasteiger partial charge in [-0.2, -0.15) is 26.3 Å². The smallest absolute Gasteiger partial charge is 0.418 e. The Bertz CT molecular complexity index is 1470. The van der Waals surface area contributed by atoms with Crippen molar-refractivity contribution in [3.8, 4) is 0 Å². The Labute approximate surface area is 283 Å². The zero-order chi connectivity index (χ0) is 35.9. The number of rotatable bonds is 8. The molecule has 3 aliphatic carbocycles. The average molecular weight is 699 g/mol. The Morgan fingerprint density at radius 2 is 1.65 bits per heavy atom. The molecule has 0 spiro atoms. The number of halogens is 6. The molecule has 0 aromatic carbocycles. The molecule has 5 rings (SSSR count). The van der Waals surface area contributed by atoms with E-state index in [9.17, 15) is 31.1 Å². The van der Waals surface area contributed by atoms with Gasteiger partial charge in [0.05, 0.1) is 33.9 Å². The van der Waals surface area contributed by atoms with Crippen molar-refractivity contribution in [1.82, 2.24) is 15.3 Å². The molecule has 8 atom stereocenters. The number of pyridine rings is 2. The molecule has 0 radical (unpaired) electrons. The van der Waals surface area contributed by atoms with Crippen molar-refractivity contribution in [3.05, 3.63) is 47.3 Å². The van der Waals surface area contributed by atoms with Crippen LogP contribution in [0.1, 0.15) is 109 Å². The number of hydrogen-bond acceptors (Lipinski definition) is 7. The maximum absolute atomic E-state index is 14.3. The summed E-state index contributed by atoms with van der Waals surface area (Å²) in [5.74, 6) is 0.816. The van der Waals surface area contributed by atoms with Gasteiger partial charge in [-0.15, -0.1) is 0 Å². The maximum atomic E-state index is 14.3. The number of ether oxygens (including phenoxy) is 1. The lowest BCUT2D eigenvalue weighted by atomic mass is 9.75. The van der Waals surface area contributed by atoms with Gasteiger partial charge in [0.2, 0.25) is 0 Å². The van der Waals surface area contributed by atoms with Crippen LogP contribution in [0.15, 0.2) is 30.5 Å². The van der Waals surface area contributed by atoms with Crippen molar-refractivity contribution >= 4 is 17.7 Å². The van der Waals surface area contributed by atoms with Crippen LogP contribution in [-0.4, -0.2) is 45.3 Å². The van der Waals surface area contributed by atoms with Crippen molar-refractivity contribution in [2.24, 2.45) is 23.5 Å². The number of anilines is 2. The normalized spacial score (nSPS) is 32.3. The summed E-state index contributed by atoms with van der Waals surface area (Å²) >= 11 is 0. The van der Waals surface area contributed by atoms with Gasteiger partial charge in [-0.1, -0.05) is 27.2 Å². The summed E-state index contributed by atoms with van der Waals surface area (Å²) in [6.07, 6.45) is -3.85. The topological polar surface area (TPSA) is 114 Å². The molecule has 1 amide bonds. The molecule has 3 saturated carbocycles. The molecule has 49 heavy (non-hydrogen) atoms. The number of carbonyl (C=O) groups is 1. The van der Waals surface area contributed by atoms with Crippen molar-refractivity contribution in [2.75, 3.05) is 10.6 Å².